The molecule has 43 heavy (non-hydrogen) atoms. The minimum Gasteiger partial charge on any atom is -0.716 e. The fourth-order valence-corrected chi connectivity index (χ4v) is 5.95. The van der Waals surface area contributed by atoms with Crippen LogP contribution in [0, 0.1) is 0 Å². The third kappa shape index (κ3) is 5.06. The maximum absolute atomic E-state index is 13.6. The summed E-state index contributed by atoms with van der Waals surface area (Å²) < 4.78 is 68.1. The number of aryl methyl sites for hydroxylation is 2. The maximum atomic E-state index is 13.6. The molecule has 6 rings (SSSR count). The van der Waals surface area contributed by atoms with Crippen LogP contribution in [0.15, 0.2) is 51.7 Å². The van der Waals surface area contributed by atoms with E-state index >= 15 is 0 Å². The van der Waals surface area contributed by atoms with Gasteiger partial charge in [-0.2, -0.15) is 0 Å². The van der Waals surface area contributed by atoms with E-state index < -0.39 is 21.8 Å². The summed E-state index contributed by atoms with van der Waals surface area (Å²) >= 11 is 0. The number of nitrogens with zero attached hydrogens (tertiary/aromatic N) is 1. The molecule has 5 aromatic rings. The van der Waals surface area contributed by atoms with E-state index in [9.17, 15) is 22.9 Å². The van der Waals surface area contributed by atoms with Gasteiger partial charge in [-0.25, -0.2) is 13.2 Å². The van der Waals surface area contributed by atoms with Crippen molar-refractivity contribution >= 4 is 32.3 Å². The van der Waals surface area contributed by atoms with Crippen LogP contribution in [0.3, 0.4) is 0 Å². The second-order valence-electron chi connectivity index (χ2n) is 9.48. The SMILES string of the molecule is COc1cc(-c2c3n(c4c(=O)oc5cc(OS(=O)(=O)[O-])c(OC)cc5c24)CCc2cc(OC)c(OC)cc2-3)ccc1O.[Na+]. The molecule has 218 valence electrons. The van der Waals surface area contributed by atoms with Crippen molar-refractivity contribution in [3.8, 4) is 56.9 Å². The number of benzene rings is 3. The van der Waals surface area contributed by atoms with Crippen molar-refractivity contribution < 1.29 is 75.2 Å². The van der Waals surface area contributed by atoms with Crippen molar-refractivity contribution in [3.05, 3.63) is 58.4 Å². The molecule has 0 fully saturated rings. The molecule has 0 unspecified atom stereocenters. The molecule has 2 aromatic heterocycles. The van der Waals surface area contributed by atoms with E-state index in [1.807, 2.05) is 16.7 Å². The van der Waals surface area contributed by atoms with Crippen LogP contribution in [0.5, 0.6) is 34.5 Å². The average molecular weight is 618 g/mol. The van der Waals surface area contributed by atoms with Gasteiger partial charge < -0.3 is 41.8 Å². The topological polar surface area (TPSA) is 159 Å². The third-order valence-electron chi connectivity index (χ3n) is 7.32. The van der Waals surface area contributed by atoms with Crippen LogP contribution in [0.1, 0.15) is 5.56 Å². The van der Waals surface area contributed by atoms with Crippen LogP contribution in [0.4, 0.5) is 0 Å². The third-order valence-corrected chi connectivity index (χ3v) is 7.71. The zero-order chi connectivity index (χ0) is 29.9. The van der Waals surface area contributed by atoms with Crippen molar-refractivity contribution in [2.75, 3.05) is 28.4 Å². The summed E-state index contributed by atoms with van der Waals surface area (Å²) in [5.41, 5.74) is 3.18. The maximum Gasteiger partial charge on any atom is 1.00 e. The Kier molecular flexibility index (Phi) is 8.05. The predicted octanol–water partition coefficient (Wildman–Crippen LogP) is 1.22. The van der Waals surface area contributed by atoms with Crippen LogP contribution in [0.2, 0.25) is 0 Å². The molecule has 3 heterocycles. The van der Waals surface area contributed by atoms with E-state index in [-0.39, 0.29) is 57.9 Å². The molecule has 1 aliphatic heterocycles. The second kappa shape index (κ2) is 11.3. The van der Waals surface area contributed by atoms with Gasteiger partial charge in [0.25, 0.3) is 10.4 Å². The number of methoxy groups -OCH3 is 4. The Bertz CT molecular complexity index is 2080. The summed E-state index contributed by atoms with van der Waals surface area (Å²) in [5, 5.41) is 11.2. The minimum atomic E-state index is -5.16. The summed E-state index contributed by atoms with van der Waals surface area (Å²) in [4.78, 5) is 13.6. The number of hydrogen-bond acceptors (Lipinski definition) is 11. The number of fused-ring (bicyclic) bond motifs is 7. The summed E-state index contributed by atoms with van der Waals surface area (Å²) in [5.74, 6) is 0.693. The molecule has 0 bridgehead atoms. The van der Waals surface area contributed by atoms with Gasteiger partial charge >= 0.3 is 35.2 Å². The number of hydrogen-bond donors (Lipinski definition) is 1. The van der Waals surface area contributed by atoms with Gasteiger partial charge in [-0.05, 0) is 47.9 Å². The molecule has 0 radical (unpaired) electrons. The van der Waals surface area contributed by atoms with Gasteiger partial charge in [-0.3, -0.25) is 0 Å². The van der Waals surface area contributed by atoms with Gasteiger partial charge in [-0.15, -0.1) is 0 Å². The van der Waals surface area contributed by atoms with Gasteiger partial charge in [0.1, 0.15) is 11.1 Å². The second-order valence-corrected chi connectivity index (χ2v) is 10.5. The Morgan fingerprint density at radius 3 is 2.19 bits per heavy atom. The first kappa shape index (κ1) is 30.6. The van der Waals surface area contributed by atoms with Crippen LogP contribution < -0.4 is 58.3 Å². The first-order chi connectivity index (χ1) is 20.1. The Morgan fingerprint density at radius 2 is 1.53 bits per heavy atom. The Balaban J connectivity index is 0.00000368. The fraction of sp³-hybridized carbons (Fsp3) is 0.207. The van der Waals surface area contributed by atoms with E-state index in [2.05, 4.69) is 4.18 Å². The van der Waals surface area contributed by atoms with E-state index in [1.54, 1.807) is 19.2 Å². The van der Waals surface area contributed by atoms with Crippen molar-refractivity contribution in [2.45, 2.75) is 13.0 Å². The first-order valence-electron chi connectivity index (χ1n) is 12.6. The summed E-state index contributed by atoms with van der Waals surface area (Å²) in [6.07, 6.45) is 0.569. The first-order valence-corrected chi connectivity index (χ1v) is 13.9. The Hall–Kier alpha value is -3.88. The number of phenolic OH excluding ortho intramolecular Hbond substituents is 1. The zero-order valence-electron chi connectivity index (χ0n) is 23.8. The molecule has 0 aliphatic carbocycles. The molecule has 1 aliphatic rings. The molecule has 0 spiro atoms. The largest absolute Gasteiger partial charge is 1.00 e. The number of aromatic nitrogens is 1. The molecule has 12 nitrogen and oxygen atoms in total. The van der Waals surface area contributed by atoms with E-state index in [0.29, 0.717) is 52.1 Å². The number of phenols is 1. The van der Waals surface area contributed by atoms with Gasteiger partial charge in [-0.1, -0.05) is 6.07 Å². The van der Waals surface area contributed by atoms with Crippen LogP contribution in [-0.2, 0) is 23.4 Å². The fourth-order valence-electron chi connectivity index (χ4n) is 5.60. The monoisotopic (exact) mass is 617 g/mol. The van der Waals surface area contributed by atoms with E-state index in [4.69, 9.17) is 23.4 Å². The quantitative estimate of drug-likeness (QED) is 0.121. The van der Waals surface area contributed by atoms with Crippen molar-refractivity contribution in [3.63, 3.8) is 0 Å². The van der Waals surface area contributed by atoms with Crippen LogP contribution >= 0.6 is 0 Å². The number of rotatable bonds is 7. The van der Waals surface area contributed by atoms with Crippen molar-refractivity contribution in [1.29, 1.82) is 0 Å². The van der Waals surface area contributed by atoms with Gasteiger partial charge in [0.2, 0.25) is 0 Å². The predicted molar refractivity (Wildman–Crippen MR) is 151 cm³/mol. The molecule has 0 amide bonds. The zero-order valence-corrected chi connectivity index (χ0v) is 26.7. The molecule has 14 heteroatoms. The Morgan fingerprint density at radius 1 is 0.884 bits per heavy atom. The van der Waals surface area contributed by atoms with Crippen molar-refractivity contribution in [2.24, 2.45) is 0 Å². The number of aromatic hydroxyl groups is 1. The molecule has 0 atom stereocenters. The molecule has 3 aromatic carbocycles. The van der Waals surface area contributed by atoms with Gasteiger partial charge in [0, 0.05) is 34.5 Å². The minimum absolute atomic E-state index is 0. The normalized spacial score (nSPS) is 12.3. The molecule has 1 N–H and O–H groups in total. The molecule has 0 saturated heterocycles. The summed E-state index contributed by atoms with van der Waals surface area (Å²) in [7, 11) is 0.647. The average Bonchev–Trinajstić information content (AvgIpc) is 3.32. The molecule has 0 saturated carbocycles. The van der Waals surface area contributed by atoms with E-state index in [0.717, 1.165) is 17.2 Å². The molecular weight excluding hydrogens is 593 g/mol. The van der Waals surface area contributed by atoms with Crippen LogP contribution in [0.25, 0.3) is 44.3 Å². The Labute approximate surface area is 267 Å². The standard InChI is InChI=1S/C29H25NO11S.Na/c1-36-20-10-15(5-6-18(20)31)25-26-17-12-23(39-4)24(41-42(33,34)35)13-19(17)40-29(32)28(26)30-8-7-14-9-21(37-2)22(38-3)11-16(14)27(25)30;/h5-6,9-13,31H,7-8H2,1-4H3,(H,33,34,35);/q;+1/p-1. The van der Waals surface area contributed by atoms with E-state index in [1.165, 1.54) is 33.5 Å². The van der Waals surface area contributed by atoms with Crippen molar-refractivity contribution in [1.82, 2.24) is 4.57 Å². The smallest absolute Gasteiger partial charge is 0.716 e. The molecular formula is C29H24NNaO11S. The summed E-state index contributed by atoms with van der Waals surface area (Å²) in [6, 6.07) is 11.2. The van der Waals surface area contributed by atoms with Gasteiger partial charge in [0.15, 0.2) is 34.5 Å². The van der Waals surface area contributed by atoms with Gasteiger partial charge in [0.05, 0.1) is 34.1 Å². The summed E-state index contributed by atoms with van der Waals surface area (Å²) in [6.45, 7) is 0.423. The number of ether oxygens (including phenoxy) is 4. The van der Waals surface area contributed by atoms with Crippen LogP contribution in [-0.4, -0.2) is 51.1 Å².